The van der Waals surface area contributed by atoms with Crippen LogP contribution in [-0.2, 0) is 43.2 Å². The molecular formula is C41H44N4O7. The average molecular weight is 705 g/mol. The van der Waals surface area contributed by atoms with Gasteiger partial charge in [-0.1, -0.05) is 111 Å². The topological polar surface area (TPSA) is 163 Å². The number of ether oxygens (including phenoxy) is 1. The van der Waals surface area contributed by atoms with Gasteiger partial charge < -0.3 is 31.1 Å². The standard InChI is InChI=1S/C41H44N4O7/c1-26(2)37-40(49)43-34(23-28-13-18-31(19-14-28)30-11-7-4-8-12-30)39(48)42-33(22-17-27-9-5-3-6-10-27)38(47)44-35(41(50)51)24-29-15-20-32(21-16-29)52-25-36(46)45-37/h3-16,18-21,26,33-35,37H,17,22-25H2,1-2H3,(H,42,48)(H,43,49)(H,44,47)(H,45,46)(H,50,51)/t33-,34+,35-,37-/m0/s1. The van der Waals surface area contributed by atoms with Crippen LogP contribution in [0.2, 0.25) is 0 Å². The van der Waals surface area contributed by atoms with Crippen molar-refractivity contribution in [1.29, 1.82) is 0 Å². The monoisotopic (exact) mass is 704 g/mol. The van der Waals surface area contributed by atoms with Gasteiger partial charge in [0, 0.05) is 12.8 Å². The van der Waals surface area contributed by atoms with E-state index < -0.39 is 53.8 Å². The van der Waals surface area contributed by atoms with Crippen molar-refractivity contribution in [3.8, 4) is 16.9 Å². The van der Waals surface area contributed by atoms with Crippen LogP contribution in [0.25, 0.3) is 11.1 Å². The highest BCUT2D eigenvalue weighted by Gasteiger charge is 2.32. The Labute approximate surface area is 303 Å². The molecule has 270 valence electrons. The Morgan fingerprint density at radius 1 is 0.692 bits per heavy atom. The predicted molar refractivity (Wildman–Crippen MR) is 196 cm³/mol. The lowest BCUT2D eigenvalue weighted by Gasteiger charge is -2.27. The Morgan fingerprint density at radius 2 is 1.29 bits per heavy atom. The van der Waals surface area contributed by atoms with Crippen LogP contribution in [0, 0.1) is 5.92 Å². The second kappa shape index (κ2) is 17.8. The van der Waals surface area contributed by atoms with E-state index in [1.54, 1.807) is 38.1 Å². The molecule has 11 nitrogen and oxygen atoms in total. The van der Waals surface area contributed by atoms with Gasteiger partial charge in [-0.25, -0.2) is 4.79 Å². The zero-order valence-corrected chi connectivity index (χ0v) is 29.2. The van der Waals surface area contributed by atoms with Crippen LogP contribution in [0.3, 0.4) is 0 Å². The largest absolute Gasteiger partial charge is 0.484 e. The number of amides is 4. The van der Waals surface area contributed by atoms with Gasteiger partial charge >= 0.3 is 5.97 Å². The maximum atomic E-state index is 14.2. The molecule has 0 radical (unpaired) electrons. The van der Waals surface area contributed by atoms with Crippen LogP contribution in [0.4, 0.5) is 0 Å². The highest BCUT2D eigenvalue weighted by Crippen LogP contribution is 2.20. The summed E-state index contributed by atoms with van der Waals surface area (Å²) in [6.45, 7) is 3.18. The van der Waals surface area contributed by atoms with Crippen molar-refractivity contribution in [3.05, 3.63) is 126 Å². The minimum atomic E-state index is -1.30. The molecule has 52 heavy (non-hydrogen) atoms. The van der Waals surface area contributed by atoms with Crippen LogP contribution < -0.4 is 26.0 Å². The van der Waals surface area contributed by atoms with Gasteiger partial charge in [-0.3, -0.25) is 19.2 Å². The number of carbonyl (C=O) groups is 5. The number of carboxylic acid groups (broad SMARTS) is 1. The minimum absolute atomic E-state index is 0.0328. The van der Waals surface area contributed by atoms with Crippen molar-refractivity contribution in [1.82, 2.24) is 21.3 Å². The van der Waals surface area contributed by atoms with E-state index in [-0.39, 0.29) is 31.8 Å². The number of carbonyl (C=O) groups excluding carboxylic acids is 4. The zero-order valence-electron chi connectivity index (χ0n) is 29.2. The number of hydrogen-bond acceptors (Lipinski definition) is 6. The SMILES string of the molecule is CC(C)[C@@H]1NC(=O)COc2ccc(cc2)C[C@@H](C(=O)O)NC(=O)[C@H](CCc2ccccc2)NC(=O)[C@@H](Cc2ccc(-c3ccccc3)cc2)NC1=O. The molecule has 4 aromatic rings. The molecule has 0 unspecified atom stereocenters. The van der Waals surface area contributed by atoms with Gasteiger partial charge in [0.1, 0.15) is 29.9 Å². The van der Waals surface area contributed by atoms with E-state index >= 15 is 0 Å². The number of carboxylic acids is 1. The summed E-state index contributed by atoms with van der Waals surface area (Å²) >= 11 is 0. The average Bonchev–Trinajstić information content (AvgIpc) is 3.15. The second-order valence-corrected chi connectivity index (χ2v) is 13.2. The maximum Gasteiger partial charge on any atom is 0.326 e. The van der Waals surface area contributed by atoms with Gasteiger partial charge in [0.2, 0.25) is 17.7 Å². The Kier molecular flexibility index (Phi) is 12.8. The zero-order chi connectivity index (χ0) is 37.0. The van der Waals surface area contributed by atoms with Crippen molar-refractivity contribution in [2.75, 3.05) is 6.61 Å². The summed E-state index contributed by atoms with van der Waals surface area (Å²) in [6, 6.07) is 28.8. The third kappa shape index (κ3) is 10.5. The summed E-state index contributed by atoms with van der Waals surface area (Å²) in [4.78, 5) is 67.1. The second-order valence-electron chi connectivity index (χ2n) is 13.2. The third-order valence-electron chi connectivity index (χ3n) is 8.94. The minimum Gasteiger partial charge on any atom is -0.484 e. The van der Waals surface area contributed by atoms with Crippen LogP contribution >= 0.6 is 0 Å². The lowest BCUT2D eigenvalue weighted by atomic mass is 9.98. The molecule has 6 rings (SSSR count). The van der Waals surface area contributed by atoms with E-state index in [4.69, 9.17) is 4.74 Å². The first-order chi connectivity index (χ1) is 25.0. The molecule has 2 aliphatic rings. The highest BCUT2D eigenvalue weighted by molar-refractivity contribution is 5.95. The fraction of sp³-hybridized carbons (Fsp3) is 0.293. The molecule has 4 aromatic carbocycles. The van der Waals surface area contributed by atoms with Gasteiger partial charge in [-0.05, 0) is 58.7 Å². The third-order valence-corrected chi connectivity index (χ3v) is 8.94. The van der Waals surface area contributed by atoms with E-state index in [9.17, 15) is 29.1 Å². The van der Waals surface area contributed by atoms with E-state index in [2.05, 4.69) is 21.3 Å². The first kappa shape index (κ1) is 37.3. The number of rotatable bonds is 8. The highest BCUT2D eigenvalue weighted by atomic mass is 16.5. The Hall–Kier alpha value is -5.97. The number of fused-ring (bicyclic) bond motifs is 16. The molecule has 4 atom stereocenters. The summed E-state index contributed by atoms with van der Waals surface area (Å²) in [5.74, 6) is -3.63. The molecule has 0 spiro atoms. The van der Waals surface area contributed by atoms with E-state index in [0.717, 1.165) is 22.3 Å². The van der Waals surface area contributed by atoms with Gasteiger partial charge in [0.25, 0.3) is 5.91 Å². The first-order valence-electron chi connectivity index (χ1n) is 17.4. The molecule has 2 aliphatic heterocycles. The molecule has 0 saturated carbocycles. The lowest BCUT2D eigenvalue weighted by molar-refractivity contribution is -0.142. The van der Waals surface area contributed by atoms with Crippen LogP contribution in [0.15, 0.2) is 109 Å². The molecule has 0 aromatic heterocycles. The molecule has 11 heteroatoms. The van der Waals surface area contributed by atoms with Crippen LogP contribution in [-0.4, -0.2) is 65.5 Å². The Bertz CT molecular complexity index is 1830. The first-order valence-corrected chi connectivity index (χ1v) is 17.4. The summed E-state index contributed by atoms with van der Waals surface area (Å²) in [7, 11) is 0. The molecule has 4 amide bonds. The summed E-state index contributed by atoms with van der Waals surface area (Å²) in [5, 5.41) is 21.1. The van der Waals surface area contributed by atoms with Gasteiger partial charge in [0.15, 0.2) is 6.61 Å². The smallest absolute Gasteiger partial charge is 0.326 e. The van der Waals surface area contributed by atoms with Crippen molar-refractivity contribution in [3.63, 3.8) is 0 Å². The fourth-order valence-electron chi connectivity index (χ4n) is 6.00. The number of hydrogen-bond donors (Lipinski definition) is 5. The predicted octanol–water partition coefficient (Wildman–Crippen LogP) is 3.84. The maximum absolute atomic E-state index is 14.2. The summed E-state index contributed by atoms with van der Waals surface area (Å²) in [6.07, 6.45) is 0.622. The molecule has 0 aliphatic carbocycles. The number of aliphatic carboxylic acids is 1. The lowest BCUT2D eigenvalue weighted by Crippen LogP contribution is -2.59. The molecular weight excluding hydrogens is 660 g/mol. The number of aryl methyl sites for hydroxylation is 1. The normalized spacial score (nSPS) is 20.3. The van der Waals surface area contributed by atoms with Crippen molar-refractivity contribution >= 4 is 29.6 Å². The molecule has 2 bridgehead atoms. The van der Waals surface area contributed by atoms with E-state index in [1.807, 2.05) is 84.9 Å². The Balaban J connectivity index is 1.47. The van der Waals surface area contributed by atoms with E-state index in [0.29, 0.717) is 17.7 Å². The number of benzene rings is 4. The van der Waals surface area contributed by atoms with Crippen molar-refractivity contribution in [2.24, 2.45) is 5.92 Å². The Morgan fingerprint density at radius 3 is 1.92 bits per heavy atom. The number of nitrogens with one attached hydrogen (secondary N) is 4. The quantitative estimate of drug-likeness (QED) is 0.174. The summed E-state index contributed by atoms with van der Waals surface area (Å²) in [5.41, 5.74) is 4.29. The van der Waals surface area contributed by atoms with Crippen LogP contribution in [0.5, 0.6) is 5.75 Å². The molecule has 0 fully saturated rings. The van der Waals surface area contributed by atoms with Gasteiger partial charge in [-0.15, -0.1) is 0 Å². The van der Waals surface area contributed by atoms with E-state index in [1.165, 1.54) is 0 Å². The van der Waals surface area contributed by atoms with Gasteiger partial charge in [-0.2, -0.15) is 0 Å². The van der Waals surface area contributed by atoms with Crippen molar-refractivity contribution < 1.29 is 33.8 Å². The molecule has 2 heterocycles. The fourth-order valence-corrected chi connectivity index (χ4v) is 6.00. The van der Waals surface area contributed by atoms with Gasteiger partial charge in [0.05, 0.1) is 0 Å². The molecule has 0 saturated heterocycles. The van der Waals surface area contributed by atoms with Crippen molar-refractivity contribution in [2.45, 2.75) is 63.7 Å². The van der Waals surface area contributed by atoms with Crippen LogP contribution in [0.1, 0.15) is 37.0 Å². The molecule has 5 N–H and O–H groups in total. The summed E-state index contributed by atoms with van der Waals surface area (Å²) < 4.78 is 5.63.